The van der Waals surface area contributed by atoms with Gasteiger partial charge in [-0.2, -0.15) is 0 Å². The number of benzene rings is 1. The molecule has 3 aromatic rings. The summed E-state index contributed by atoms with van der Waals surface area (Å²) in [4.78, 5) is 93.5. The van der Waals surface area contributed by atoms with Gasteiger partial charge in [0.2, 0.25) is 23.9 Å². The lowest BCUT2D eigenvalue weighted by atomic mass is 10.1. The number of nitrogens with one attached hydrogen (secondary N) is 6. The molecule has 274 valence electrons. The molecule has 1 fully saturated rings. The second kappa shape index (κ2) is 16.1. The summed E-state index contributed by atoms with van der Waals surface area (Å²) in [6.45, 7) is 2.29. The SMILES string of the molecule is C[C@H](NC(=O)N[C@@H](Cc1c[nH]c2ccccc12)C(=O)O)C(=O)N[C@H](C(=O)N/C=C1\O[C@@H](n2ccc(=O)[nH]c2=O)[C@H](O)[C@@H]1O)[C@H](C)N(C)C(=O)CN. The number of hydrogen-bond donors (Lipinski definition) is 10. The van der Waals surface area contributed by atoms with Crippen LogP contribution in [0.3, 0.4) is 0 Å². The van der Waals surface area contributed by atoms with Gasteiger partial charge in [0.25, 0.3) is 5.56 Å². The van der Waals surface area contributed by atoms with Crippen molar-refractivity contribution in [2.24, 2.45) is 5.73 Å². The third-order valence-electron chi connectivity index (χ3n) is 8.33. The fourth-order valence-electron chi connectivity index (χ4n) is 5.26. The van der Waals surface area contributed by atoms with Crippen molar-refractivity contribution in [3.05, 3.63) is 81.1 Å². The van der Waals surface area contributed by atoms with Gasteiger partial charge in [-0.15, -0.1) is 0 Å². The van der Waals surface area contributed by atoms with Gasteiger partial charge >= 0.3 is 17.7 Å². The molecule has 0 bridgehead atoms. The molecule has 11 N–H and O–H groups in total. The van der Waals surface area contributed by atoms with E-state index in [9.17, 15) is 48.9 Å². The van der Waals surface area contributed by atoms with Crippen molar-refractivity contribution >= 4 is 40.6 Å². The maximum absolute atomic E-state index is 13.4. The summed E-state index contributed by atoms with van der Waals surface area (Å²) in [5.41, 5.74) is 5.26. The number of fused-ring (bicyclic) bond motifs is 1. The summed E-state index contributed by atoms with van der Waals surface area (Å²) in [6, 6.07) is 2.00. The van der Waals surface area contributed by atoms with Crippen molar-refractivity contribution < 1.29 is 44.0 Å². The Labute approximate surface area is 288 Å². The second-order valence-corrected chi connectivity index (χ2v) is 11.7. The molecular formula is C31H39N9O11. The van der Waals surface area contributed by atoms with Gasteiger partial charge < -0.3 is 56.9 Å². The highest BCUT2D eigenvalue weighted by Crippen LogP contribution is 2.30. The molecule has 0 spiro atoms. The smallest absolute Gasteiger partial charge is 0.331 e. The Morgan fingerprint density at radius 1 is 1.06 bits per heavy atom. The van der Waals surface area contributed by atoms with Crippen molar-refractivity contribution in [3.8, 4) is 0 Å². The molecule has 1 saturated heterocycles. The van der Waals surface area contributed by atoms with Crippen LogP contribution in [0.1, 0.15) is 25.6 Å². The number of ether oxygens (including phenoxy) is 1. The predicted octanol–water partition coefficient (Wildman–Crippen LogP) is -3.10. The number of likely N-dealkylation sites (N-methyl/N-ethyl adjacent to an activating group) is 1. The molecule has 1 aliphatic rings. The molecule has 20 nitrogen and oxygen atoms in total. The molecule has 3 heterocycles. The Bertz CT molecular complexity index is 1940. The van der Waals surface area contributed by atoms with Crippen LogP contribution < -0.4 is 38.2 Å². The Hall–Kier alpha value is -5.99. The van der Waals surface area contributed by atoms with E-state index in [0.717, 1.165) is 38.8 Å². The monoisotopic (exact) mass is 713 g/mol. The molecule has 2 aromatic heterocycles. The van der Waals surface area contributed by atoms with E-state index in [-0.39, 0.29) is 12.2 Å². The number of rotatable bonds is 13. The van der Waals surface area contributed by atoms with Crippen molar-refractivity contribution in [3.63, 3.8) is 0 Å². The summed E-state index contributed by atoms with van der Waals surface area (Å²) in [5, 5.41) is 41.0. The maximum atomic E-state index is 13.4. The quantitative estimate of drug-likeness (QED) is 0.0843. The minimum absolute atomic E-state index is 0.0676. The number of amides is 5. The molecule has 20 heteroatoms. The van der Waals surface area contributed by atoms with E-state index in [0.29, 0.717) is 5.56 Å². The average molecular weight is 714 g/mol. The molecule has 0 saturated carbocycles. The zero-order chi connectivity index (χ0) is 37.6. The van der Waals surface area contributed by atoms with Crippen LogP contribution in [0.15, 0.2) is 64.3 Å². The number of carboxylic acid groups (broad SMARTS) is 1. The van der Waals surface area contributed by atoms with E-state index in [4.69, 9.17) is 10.5 Å². The minimum atomic E-state index is -1.73. The Kier molecular flexibility index (Phi) is 12.0. The highest BCUT2D eigenvalue weighted by molar-refractivity contribution is 5.93. The van der Waals surface area contributed by atoms with Crippen LogP contribution in [0.5, 0.6) is 0 Å². The third-order valence-corrected chi connectivity index (χ3v) is 8.33. The van der Waals surface area contributed by atoms with Crippen molar-refractivity contribution in [1.29, 1.82) is 0 Å². The number of carboxylic acids is 1. The van der Waals surface area contributed by atoms with E-state index in [2.05, 4.69) is 26.3 Å². The number of nitrogens with two attached hydrogens (primary N) is 1. The zero-order valence-electron chi connectivity index (χ0n) is 27.7. The number of H-pyrrole nitrogens is 2. The number of carbonyl (C=O) groups excluding carboxylic acids is 4. The molecule has 1 aromatic carbocycles. The minimum Gasteiger partial charge on any atom is -0.480 e. The number of para-hydroxylation sites is 1. The van der Waals surface area contributed by atoms with Gasteiger partial charge in [-0.25, -0.2) is 14.4 Å². The van der Waals surface area contributed by atoms with Crippen LogP contribution in [0.2, 0.25) is 0 Å². The molecule has 51 heavy (non-hydrogen) atoms. The van der Waals surface area contributed by atoms with E-state index in [1.54, 1.807) is 18.3 Å². The van der Waals surface area contributed by atoms with Crippen LogP contribution >= 0.6 is 0 Å². The van der Waals surface area contributed by atoms with Gasteiger partial charge in [0.15, 0.2) is 0 Å². The Balaban J connectivity index is 1.44. The number of carbonyl (C=O) groups is 5. The van der Waals surface area contributed by atoms with E-state index < -0.39 is 90.1 Å². The second-order valence-electron chi connectivity index (χ2n) is 11.7. The summed E-state index contributed by atoms with van der Waals surface area (Å²) >= 11 is 0. The Morgan fingerprint density at radius 3 is 2.43 bits per heavy atom. The number of aromatic nitrogens is 3. The third kappa shape index (κ3) is 8.79. The van der Waals surface area contributed by atoms with Crippen LogP contribution in [0, 0.1) is 0 Å². The summed E-state index contributed by atoms with van der Waals surface area (Å²) in [7, 11) is 1.34. The van der Waals surface area contributed by atoms with Crippen molar-refractivity contribution in [1.82, 2.24) is 40.7 Å². The normalized spacial score (nSPS) is 20.0. The molecule has 0 radical (unpaired) electrons. The first-order valence-electron chi connectivity index (χ1n) is 15.6. The average Bonchev–Trinajstić information content (AvgIpc) is 3.63. The van der Waals surface area contributed by atoms with Crippen LogP contribution in [0.25, 0.3) is 10.9 Å². The number of nitrogens with zero attached hydrogens (tertiary/aromatic N) is 2. The summed E-state index contributed by atoms with van der Waals surface area (Å²) in [5.74, 6) is -4.11. The van der Waals surface area contributed by atoms with Crippen LogP contribution in [0.4, 0.5) is 4.79 Å². The number of urea groups is 1. The number of aromatic amines is 2. The summed E-state index contributed by atoms with van der Waals surface area (Å²) in [6.07, 6.45) is -1.40. The number of aliphatic carboxylic acids is 1. The van der Waals surface area contributed by atoms with Gasteiger partial charge in [-0.3, -0.25) is 28.7 Å². The fourth-order valence-corrected chi connectivity index (χ4v) is 5.26. The summed E-state index contributed by atoms with van der Waals surface area (Å²) < 4.78 is 6.29. The Morgan fingerprint density at radius 2 is 1.76 bits per heavy atom. The number of hydrogen-bond acceptors (Lipinski definition) is 11. The predicted molar refractivity (Wildman–Crippen MR) is 177 cm³/mol. The van der Waals surface area contributed by atoms with Gasteiger partial charge in [-0.05, 0) is 25.5 Å². The highest BCUT2D eigenvalue weighted by atomic mass is 16.6. The number of aliphatic hydroxyl groups excluding tert-OH is 2. The largest absolute Gasteiger partial charge is 0.480 e. The first-order valence-corrected chi connectivity index (χ1v) is 15.6. The van der Waals surface area contributed by atoms with Crippen molar-refractivity contribution in [2.75, 3.05) is 13.6 Å². The topological polar surface area (TPSA) is 303 Å². The molecule has 0 unspecified atom stereocenters. The lowest BCUT2D eigenvalue weighted by Crippen LogP contribution is -2.61. The molecule has 5 amide bonds. The standard InChI is InChI=1S/C31H39N9O11/c1-14(35-30(49)36-19(29(47)48)10-16-12-33-18-7-5-4-6-17(16)18)26(45)38-23(15(2)39(3)22(42)11-32)27(46)34-13-20-24(43)25(44)28(51-20)40-9-8-21(41)37-31(40)50/h4-9,12-15,19,23-25,28,33,43-44H,10-11,32H2,1-3H3,(H,34,46)(H,38,45)(H,47,48)(H2,35,36,49)(H,37,41,50)/b20-13-/t14-,15-,19-,23-,24+,25+,28+/m0/s1. The maximum Gasteiger partial charge on any atom is 0.331 e. The zero-order valence-corrected chi connectivity index (χ0v) is 27.7. The molecule has 0 aliphatic carbocycles. The van der Waals surface area contributed by atoms with Gasteiger partial charge in [0, 0.05) is 49.0 Å². The number of aliphatic hydroxyl groups is 2. The van der Waals surface area contributed by atoms with Gasteiger partial charge in [-0.1, -0.05) is 18.2 Å². The van der Waals surface area contributed by atoms with Gasteiger partial charge in [0.05, 0.1) is 12.6 Å². The molecule has 7 atom stereocenters. The fraction of sp³-hybridized carbons (Fsp3) is 0.387. The molecule has 1 aliphatic heterocycles. The van der Waals surface area contributed by atoms with Crippen LogP contribution in [-0.2, 0) is 30.3 Å². The molecular weight excluding hydrogens is 674 g/mol. The van der Waals surface area contributed by atoms with Crippen molar-refractivity contribution in [2.45, 2.75) is 62.9 Å². The lowest BCUT2D eigenvalue weighted by Gasteiger charge is -2.32. The first-order chi connectivity index (χ1) is 24.1. The van der Waals surface area contributed by atoms with Crippen LogP contribution in [-0.4, -0.2) is 114 Å². The van der Waals surface area contributed by atoms with E-state index in [1.165, 1.54) is 20.9 Å². The van der Waals surface area contributed by atoms with Gasteiger partial charge in [0.1, 0.15) is 36.1 Å². The molecule has 4 rings (SSSR count). The lowest BCUT2D eigenvalue weighted by molar-refractivity contribution is -0.139. The van der Waals surface area contributed by atoms with E-state index in [1.807, 2.05) is 17.1 Å². The van der Waals surface area contributed by atoms with E-state index >= 15 is 0 Å². The first kappa shape index (κ1) is 37.8. The highest BCUT2D eigenvalue weighted by Gasteiger charge is 2.42.